The fraction of sp³-hybridized carbons (Fsp3) is 0.300. The van der Waals surface area contributed by atoms with Gasteiger partial charge in [-0.1, -0.05) is 12.1 Å². The van der Waals surface area contributed by atoms with Crippen molar-refractivity contribution in [3.63, 3.8) is 0 Å². The Morgan fingerprint density at radius 3 is 3.00 bits per heavy atom. The van der Waals surface area contributed by atoms with Crippen LogP contribution in [0, 0.1) is 0 Å². The zero-order valence-corrected chi connectivity index (χ0v) is 8.70. The van der Waals surface area contributed by atoms with Gasteiger partial charge >= 0.3 is 0 Å². The van der Waals surface area contributed by atoms with Crippen LogP contribution in [0.4, 0.5) is 0 Å². The molecule has 0 radical (unpaired) electrons. The molecule has 3 heteroatoms. The quantitative estimate of drug-likeness (QED) is 0.702. The van der Waals surface area contributed by atoms with E-state index in [0.717, 1.165) is 10.8 Å². The molecule has 0 spiro atoms. The molecule has 1 aliphatic heterocycles. The maximum Gasteiger partial charge on any atom is 0.0949 e. The molecule has 0 N–H and O–H groups in total. The second kappa shape index (κ2) is 3.00. The Balaban J connectivity index is 2.00. The van der Waals surface area contributed by atoms with Crippen LogP contribution in [0.1, 0.15) is 5.01 Å². The van der Waals surface area contributed by atoms with E-state index in [9.17, 15) is 0 Å². The highest BCUT2D eigenvalue weighted by molar-refractivity contribution is 8.06. The van der Waals surface area contributed by atoms with E-state index in [-0.39, 0.29) is 0 Å². The van der Waals surface area contributed by atoms with Crippen molar-refractivity contribution < 1.29 is 0 Å². The predicted molar refractivity (Wildman–Crippen MR) is 59.6 cm³/mol. The van der Waals surface area contributed by atoms with E-state index in [4.69, 9.17) is 0 Å². The van der Waals surface area contributed by atoms with Gasteiger partial charge in [-0.25, -0.2) is 4.98 Å². The SMILES string of the molecule is c1ccc2sc(CC3CS3)nc2c1. The summed E-state index contributed by atoms with van der Waals surface area (Å²) in [7, 11) is 0. The molecule has 1 aliphatic rings. The van der Waals surface area contributed by atoms with Crippen LogP contribution < -0.4 is 0 Å². The van der Waals surface area contributed by atoms with Gasteiger partial charge in [0.25, 0.3) is 0 Å². The summed E-state index contributed by atoms with van der Waals surface area (Å²) in [6, 6.07) is 8.37. The minimum atomic E-state index is 0.862. The van der Waals surface area contributed by atoms with Gasteiger partial charge in [0.1, 0.15) is 0 Å². The second-order valence-electron chi connectivity index (χ2n) is 3.23. The molecule has 2 aromatic rings. The van der Waals surface area contributed by atoms with Gasteiger partial charge in [0.2, 0.25) is 0 Å². The Bertz CT molecular complexity index is 398. The molecular weight excluding hydrogens is 198 g/mol. The van der Waals surface area contributed by atoms with E-state index < -0.39 is 0 Å². The van der Waals surface area contributed by atoms with Gasteiger partial charge in [-0.3, -0.25) is 0 Å². The number of hydrogen-bond donors (Lipinski definition) is 0. The molecule has 1 saturated heterocycles. The summed E-state index contributed by atoms with van der Waals surface area (Å²) in [6.07, 6.45) is 1.17. The summed E-state index contributed by atoms with van der Waals surface area (Å²) < 4.78 is 1.32. The van der Waals surface area contributed by atoms with Gasteiger partial charge in [0.05, 0.1) is 15.2 Å². The molecule has 3 rings (SSSR count). The molecule has 66 valence electrons. The smallest absolute Gasteiger partial charge is 0.0949 e. The number of hydrogen-bond acceptors (Lipinski definition) is 3. The number of rotatable bonds is 2. The van der Waals surface area contributed by atoms with Gasteiger partial charge in [-0.05, 0) is 12.1 Å². The van der Waals surface area contributed by atoms with Gasteiger partial charge < -0.3 is 0 Å². The second-order valence-corrected chi connectivity index (χ2v) is 5.68. The molecule has 0 saturated carbocycles. The molecule has 1 atom stereocenters. The Hall–Kier alpha value is -0.540. The highest BCUT2D eigenvalue weighted by Crippen LogP contribution is 2.35. The Morgan fingerprint density at radius 2 is 2.23 bits per heavy atom. The van der Waals surface area contributed by atoms with Gasteiger partial charge in [0, 0.05) is 17.4 Å². The van der Waals surface area contributed by atoms with E-state index in [0.29, 0.717) is 0 Å². The number of benzene rings is 1. The number of aromatic nitrogens is 1. The molecule has 1 fully saturated rings. The average molecular weight is 207 g/mol. The average Bonchev–Trinajstić information content (AvgIpc) is 2.85. The van der Waals surface area contributed by atoms with E-state index in [1.807, 2.05) is 23.1 Å². The first-order valence-corrected chi connectivity index (χ1v) is 6.24. The standard InChI is InChI=1S/C10H9NS2/c1-2-4-9-8(3-1)11-10(13-9)5-7-6-12-7/h1-4,7H,5-6H2. The molecule has 1 nitrogen and oxygen atoms in total. The molecule has 2 heterocycles. The minimum absolute atomic E-state index is 0.862. The van der Waals surface area contributed by atoms with Crippen molar-refractivity contribution in [2.75, 3.05) is 5.75 Å². The normalized spacial score (nSPS) is 20.8. The van der Waals surface area contributed by atoms with E-state index in [1.54, 1.807) is 0 Å². The van der Waals surface area contributed by atoms with E-state index in [2.05, 4.69) is 29.2 Å². The lowest BCUT2D eigenvalue weighted by atomic mass is 10.3. The van der Waals surface area contributed by atoms with Crippen LogP contribution in [0.25, 0.3) is 10.2 Å². The highest BCUT2D eigenvalue weighted by atomic mass is 32.2. The summed E-state index contributed by atoms with van der Waals surface area (Å²) in [5.41, 5.74) is 1.16. The van der Waals surface area contributed by atoms with Crippen molar-refractivity contribution >= 4 is 33.3 Å². The zero-order chi connectivity index (χ0) is 8.67. The highest BCUT2D eigenvalue weighted by Gasteiger charge is 2.23. The minimum Gasteiger partial charge on any atom is -0.241 e. The van der Waals surface area contributed by atoms with Crippen molar-refractivity contribution in [2.24, 2.45) is 0 Å². The lowest BCUT2D eigenvalue weighted by Crippen LogP contribution is -1.89. The van der Waals surface area contributed by atoms with E-state index >= 15 is 0 Å². The number of fused-ring (bicyclic) bond motifs is 1. The molecule has 13 heavy (non-hydrogen) atoms. The Morgan fingerprint density at radius 1 is 1.38 bits per heavy atom. The maximum absolute atomic E-state index is 4.60. The fourth-order valence-electron chi connectivity index (χ4n) is 1.39. The first-order chi connectivity index (χ1) is 6.42. The topological polar surface area (TPSA) is 12.9 Å². The Labute approximate surface area is 85.2 Å². The number of nitrogens with zero attached hydrogens (tertiary/aromatic N) is 1. The van der Waals surface area contributed by atoms with E-state index in [1.165, 1.54) is 21.9 Å². The molecule has 1 aromatic heterocycles. The molecule has 0 aliphatic carbocycles. The lowest BCUT2D eigenvalue weighted by Gasteiger charge is -1.86. The molecule has 1 unspecified atom stereocenters. The summed E-state index contributed by atoms with van der Waals surface area (Å²) in [4.78, 5) is 4.60. The van der Waals surface area contributed by atoms with Crippen LogP contribution in [-0.2, 0) is 6.42 Å². The molecule has 0 bridgehead atoms. The van der Waals surface area contributed by atoms with Crippen molar-refractivity contribution in [1.82, 2.24) is 4.98 Å². The van der Waals surface area contributed by atoms with Crippen LogP contribution in [0.3, 0.4) is 0 Å². The largest absolute Gasteiger partial charge is 0.241 e. The third-order valence-corrected chi connectivity index (χ3v) is 4.17. The number of thiazole rings is 1. The Kier molecular flexibility index (Phi) is 1.80. The zero-order valence-electron chi connectivity index (χ0n) is 7.06. The third-order valence-electron chi connectivity index (χ3n) is 2.14. The first-order valence-electron chi connectivity index (χ1n) is 4.38. The first kappa shape index (κ1) is 7.83. The van der Waals surface area contributed by atoms with Crippen molar-refractivity contribution in [3.8, 4) is 0 Å². The molecular formula is C10H9NS2. The van der Waals surface area contributed by atoms with Crippen LogP contribution in [0.2, 0.25) is 0 Å². The summed E-state index contributed by atoms with van der Waals surface area (Å²) in [5, 5.41) is 2.16. The predicted octanol–water partition coefficient (Wildman–Crippen LogP) is 2.95. The van der Waals surface area contributed by atoms with Crippen LogP contribution in [-0.4, -0.2) is 16.0 Å². The maximum atomic E-state index is 4.60. The monoisotopic (exact) mass is 207 g/mol. The van der Waals surface area contributed by atoms with Gasteiger partial charge in [-0.2, -0.15) is 11.8 Å². The van der Waals surface area contributed by atoms with Crippen molar-refractivity contribution in [3.05, 3.63) is 29.3 Å². The summed E-state index contributed by atoms with van der Waals surface area (Å²) in [6.45, 7) is 0. The third kappa shape index (κ3) is 1.58. The van der Waals surface area contributed by atoms with Gasteiger partial charge in [0.15, 0.2) is 0 Å². The van der Waals surface area contributed by atoms with Gasteiger partial charge in [-0.15, -0.1) is 11.3 Å². The van der Waals surface area contributed by atoms with Crippen LogP contribution in [0.15, 0.2) is 24.3 Å². The number of thioether (sulfide) groups is 1. The van der Waals surface area contributed by atoms with Crippen LogP contribution in [0.5, 0.6) is 0 Å². The fourth-order valence-corrected chi connectivity index (χ4v) is 3.07. The number of para-hydroxylation sites is 1. The van der Waals surface area contributed by atoms with Crippen molar-refractivity contribution in [1.29, 1.82) is 0 Å². The molecule has 1 aromatic carbocycles. The lowest BCUT2D eigenvalue weighted by molar-refractivity contribution is 1.01. The molecule has 0 amide bonds. The van der Waals surface area contributed by atoms with Crippen molar-refractivity contribution in [2.45, 2.75) is 11.7 Å². The summed E-state index contributed by atoms with van der Waals surface area (Å²) >= 11 is 3.88. The van der Waals surface area contributed by atoms with Crippen LogP contribution >= 0.6 is 23.1 Å². The summed E-state index contributed by atoms with van der Waals surface area (Å²) in [5.74, 6) is 1.33.